The van der Waals surface area contributed by atoms with Crippen molar-refractivity contribution in [2.24, 2.45) is 5.92 Å². The molecule has 1 amide bonds. The van der Waals surface area contributed by atoms with E-state index in [9.17, 15) is 13.2 Å². The molecule has 2 heterocycles. The number of hydrogen-bond acceptors (Lipinski definition) is 3. The van der Waals surface area contributed by atoms with Crippen LogP contribution in [0.25, 0.3) is 10.9 Å². The van der Waals surface area contributed by atoms with Gasteiger partial charge >= 0.3 is 0 Å². The molecule has 1 saturated heterocycles. The fourth-order valence-electron chi connectivity index (χ4n) is 5.05. The van der Waals surface area contributed by atoms with E-state index in [0.29, 0.717) is 21.9 Å². The van der Waals surface area contributed by atoms with Crippen LogP contribution in [0.15, 0.2) is 90.0 Å². The predicted octanol–water partition coefficient (Wildman–Crippen LogP) is 5.75. The summed E-state index contributed by atoms with van der Waals surface area (Å²) in [5.41, 5.74) is 2.76. The van der Waals surface area contributed by atoms with Crippen LogP contribution in [0.3, 0.4) is 0 Å². The summed E-state index contributed by atoms with van der Waals surface area (Å²) < 4.78 is 28.5. The van der Waals surface area contributed by atoms with Gasteiger partial charge in [0.1, 0.15) is 6.54 Å². The van der Waals surface area contributed by atoms with Crippen molar-refractivity contribution in [2.45, 2.75) is 36.5 Å². The third-order valence-corrected chi connectivity index (χ3v) is 8.96. The summed E-state index contributed by atoms with van der Waals surface area (Å²) in [6.45, 7) is 1.59. The molecule has 0 spiro atoms. The van der Waals surface area contributed by atoms with E-state index < -0.39 is 9.84 Å². The number of carbonyl (C=O) groups is 1. The molecular weight excluding hydrogens is 492 g/mol. The molecule has 5 rings (SSSR count). The van der Waals surface area contributed by atoms with Crippen molar-refractivity contribution in [3.63, 3.8) is 0 Å². The summed E-state index contributed by atoms with van der Waals surface area (Å²) in [6.07, 6.45) is 4.62. The highest BCUT2D eigenvalue weighted by Crippen LogP contribution is 2.29. The first-order chi connectivity index (χ1) is 17.4. The van der Waals surface area contributed by atoms with Gasteiger partial charge in [0.15, 0.2) is 9.84 Å². The first-order valence-electron chi connectivity index (χ1n) is 12.3. The van der Waals surface area contributed by atoms with E-state index in [1.807, 2.05) is 29.2 Å². The van der Waals surface area contributed by atoms with Crippen molar-refractivity contribution in [1.29, 1.82) is 0 Å². The van der Waals surface area contributed by atoms with Crippen molar-refractivity contribution in [2.75, 3.05) is 13.1 Å². The zero-order chi connectivity index (χ0) is 25.1. The Hall–Kier alpha value is -3.09. The number of carbonyl (C=O) groups excluding carboxylic acids is 1. The predicted molar refractivity (Wildman–Crippen MR) is 144 cm³/mol. The maximum absolute atomic E-state index is 13.3. The number of benzene rings is 3. The lowest BCUT2D eigenvalue weighted by molar-refractivity contribution is -0.133. The third kappa shape index (κ3) is 5.50. The summed E-state index contributed by atoms with van der Waals surface area (Å²) in [5.74, 6) is 0.477. The normalized spacial score (nSPS) is 14.9. The zero-order valence-corrected chi connectivity index (χ0v) is 21.6. The van der Waals surface area contributed by atoms with Crippen molar-refractivity contribution < 1.29 is 13.2 Å². The van der Waals surface area contributed by atoms with Gasteiger partial charge in [-0.1, -0.05) is 72.3 Å². The number of rotatable bonds is 7. The van der Waals surface area contributed by atoms with Crippen LogP contribution < -0.4 is 0 Å². The van der Waals surface area contributed by atoms with Gasteiger partial charge in [0.05, 0.1) is 10.6 Å². The molecule has 7 heteroatoms. The second-order valence-corrected chi connectivity index (χ2v) is 11.9. The van der Waals surface area contributed by atoms with Crippen LogP contribution in [-0.2, 0) is 33.4 Å². The Balaban J connectivity index is 1.30. The van der Waals surface area contributed by atoms with Crippen LogP contribution in [0.2, 0.25) is 5.02 Å². The maximum Gasteiger partial charge on any atom is 0.242 e. The minimum absolute atomic E-state index is 0.0237. The van der Waals surface area contributed by atoms with Crippen LogP contribution in [0.1, 0.15) is 24.0 Å². The Morgan fingerprint density at radius 2 is 1.53 bits per heavy atom. The van der Waals surface area contributed by atoms with Gasteiger partial charge in [0.2, 0.25) is 5.91 Å². The summed E-state index contributed by atoms with van der Waals surface area (Å²) in [7, 11) is -3.62. The molecule has 0 bridgehead atoms. The van der Waals surface area contributed by atoms with E-state index in [1.54, 1.807) is 41.1 Å². The molecule has 0 unspecified atom stereocenters. The van der Waals surface area contributed by atoms with Crippen LogP contribution in [0, 0.1) is 5.92 Å². The largest absolute Gasteiger partial charge is 0.341 e. The van der Waals surface area contributed by atoms with Crippen LogP contribution in [-0.4, -0.2) is 36.9 Å². The number of para-hydroxylation sites is 1. The summed E-state index contributed by atoms with van der Waals surface area (Å²) in [5, 5.41) is 1.20. The standard InChI is InChI=1S/C29H29ClN2O3S/c30-25-12-10-24(11-13-25)21-36(34,35)28-19-32(27-9-5-4-8-26(27)28)20-29(33)31-16-14-23(15-17-31)18-22-6-2-1-3-7-22/h1-13,19,23H,14-18,20-21H2. The van der Waals surface area contributed by atoms with Gasteiger partial charge in [-0.3, -0.25) is 4.79 Å². The molecule has 5 nitrogen and oxygen atoms in total. The number of aromatic nitrogens is 1. The number of fused-ring (bicyclic) bond motifs is 1. The van der Waals surface area contributed by atoms with E-state index >= 15 is 0 Å². The zero-order valence-electron chi connectivity index (χ0n) is 20.0. The van der Waals surface area contributed by atoms with E-state index in [4.69, 9.17) is 11.6 Å². The van der Waals surface area contributed by atoms with Crippen molar-refractivity contribution in [1.82, 2.24) is 9.47 Å². The number of amides is 1. The quantitative estimate of drug-likeness (QED) is 0.312. The average molecular weight is 521 g/mol. The van der Waals surface area contributed by atoms with Gasteiger partial charge in [0.25, 0.3) is 0 Å². The second kappa shape index (κ2) is 10.5. The number of hydrogen-bond donors (Lipinski definition) is 0. The molecule has 1 aromatic heterocycles. The van der Waals surface area contributed by atoms with Crippen molar-refractivity contribution in [3.05, 3.63) is 101 Å². The second-order valence-electron chi connectivity index (χ2n) is 9.54. The molecule has 3 aromatic carbocycles. The van der Waals surface area contributed by atoms with Crippen LogP contribution in [0.4, 0.5) is 0 Å². The van der Waals surface area contributed by atoms with E-state index in [2.05, 4.69) is 24.3 Å². The topological polar surface area (TPSA) is 59.4 Å². The highest BCUT2D eigenvalue weighted by molar-refractivity contribution is 7.90. The number of piperidine rings is 1. The molecular formula is C29H29ClN2O3S. The van der Waals surface area contributed by atoms with E-state index in [1.165, 1.54) is 5.56 Å². The summed E-state index contributed by atoms with van der Waals surface area (Å²) >= 11 is 5.95. The monoisotopic (exact) mass is 520 g/mol. The average Bonchev–Trinajstić information content (AvgIpc) is 3.26. The number of halogens is 1. The molecule has 1 aliphatic heterocycles. The van der Waals surface area contributed by atoms with E-state index in [0.717, 1.165) is 37.9 Å². The fraction of sp³-hybridized carbons (Fsp3) is 0.276. The fourth-order valence-corrected chi connectivity index (χ4v) is 6.76. The lowest BCUT2D eigenvalue weighted by Crippen LogP contribution is -2.40. The Kier molecular flexibility index (Phi) is 7.17. The highest BCUT2D eigenvalue weighted by atomic mass is 35.5. The SMILES string of the molecule is O=C(Cn1cc(S(=O)(=O)Cc2ccc(Cl)cc2)c2ccccc21)N1CCC(Cc2ccccc2)CC1. The minimum atomic E-state index is -3.62. The molecule has 0 N–H and O–H groups in total. The smallest absolute Gasteiger partial charge is 0.242 e. The van der Waals surface area contributed by atoms with E-state index in [-0.39, 0.29) is 23.1 Å². The summed E-state index contributed by atoms with van der Waals surface area (Å²) in [6, 6.07) is 24.7. The molecule has 4 aromatic rings. The number of sulfone groups is 1. The van der Waals surface area contributed by atoms with Gasteiger partial charge in [-0.2, -0.15) is 0 Å². The molecule has 0 aliphatic carbocycles. The lowest BCUT2D eigenvalue weighted by Gasteiger charge is -2.32. The molecule has 1 aliphatic rings. The first-order valence-corrected chi connectivity index (χ1v) is 14.3. The van der Waals surface area contributed by atoms with Gasteiger partial charge in [-0.15, -0.1) is 0 Å². The summed E-state index contributed by atoms with van der Waals surface area (Å²) in [4.78, 5) is 15.4. The van der Waals surface area contributed by atoms with Crippen molar-refractivity contribution in [3.8, 4) is 0 Å². The Labute approximate surface area is 217 Å². The minimum Gasteiger partial charge on any atom is -0.341 e. The Bertz CT molecular complexity index is 1460. The Morgan fingerprint density at radius 3 is 2.25 bits per heavy atom. The third-order valence-electron chi connectivity index (χ3n) is 7.00. The molecule has 0 radical (unpaired) electrons. The molecule has 0 saturated carbocycles. The Morgan fingerprint density at radius 1 is 0.861 bits per heavy atom. The number of likely N-dealkylation sites (tertiary alicyclic amines) is 1. The first kappa shape index (κ1) is 24.6. The van der Waals surface area contributed by atoms with Crippen LogP contribution >= 0.6 is 11.6 Å². The molecule has 1 fully saturated rings. The lowest BCUT2D eigenvalue weighted by atomic mass is 9.90. The maximum atomic E-state index is 13.3. The number of nitrogens with zero attached hydrogens (tertiary/aromatic N) is 2. The van der Waals surface area contributed by atoms with Gasteiger partial charge in [-0.25, -0.2) is 8.42 Å². The van der Waals surface area contributed by atoms with Gasteiger partial charge < -0.3 is 9.47 Å². The highest BCUT2D eigenvalue weighted by Gasteiger charge is 2.26. The van der Waals surface area contributed by atoms with Gasteiger partial charge in [-0.05, 0) is 54.5 Å². The molecule has 36 heavy (non-hydrogen) atoms. The van der Waals surface area contributed by atoms with Crippen LogP contribution in [0.5, 0.6) is 0 Å². The van der Waals surface area contributed by atoms with Crippen molar-refractivity contribution >= 4 is 38.2 Å². The molecule has 0 atom stereocenters. The van der Waals surface area contributed by atoms with Gasteiger partial charge in [0, 0.05) is 35.2 Å². The molecule has 186 valence electrons.